The molecule has 2 atom stereocenters. The third kappa shape index (κ3) is 8.26. The van der Waals surface area contributed by atoms with E-state index in [0.717, 1.165) is 57.1 Å². The normalized spacial score (nSPS) is 26.0. The minimum atomic E-state index is -1.09. The van der Waals surface area contributed by atoms with Crippen molar-refractivity contribution in [3.8, 4) is 0 Å². The van der Waals surface area contributed by atoms with E-state index >= 15 is 0 Å². The van der Waals surface area contributed by atoms with Gasteiger partial charge in [-0.15, -0.1) is 7.92 Å². The molecule has 0 aromatic heterocycles. The number of rotatable bonds is 2. The molecular weight excluding hydrogens is 355 g/mol. The second-order valence-electron chi connectivity index (χ2n) is 6.63. The maximum atomic E-state index is 12.3. The Bertz CT molecular complexity index is 498. The zero-order valence-electron chi connectivity index (χ0n) is 14.8. The van der Waals surface area contributed by atoms with E-state index in [0.29, 0.717) is 0 Å². The monoisotopic (exact) mass is 385 g/mol. The summed E-state index contributed by atoms with van der Waals surface area (Å²) >= 11 is 0. The highest BCUT2D eigenvalue weighted by Crippen LogP contribution is 2.36. The van der Waals surface area contributed by atoms with Crippen LogP contribution in [-0.2, 0) is 15.7 Å². The molecule has 2 unspecified atom stereocenters. The zero-order chi connectivity index (χ0) is 17.2. The zero-order valence-corrected chi connectivity index (χ0v) is 17.5. The van der Waals surface area contributed by atoms with Gasteiger partial charge < -0.3 is 0 Å². The van der Waals surface area contributed by atoms with Gasteiger partial charge in [-0.3, -0.25) is 4.90 Å². The van der Waals surface area contributed by atoms with Crippen LogP contribution in [0.2, 0.25) is 0 Å². The van der Waals surface area contributed by atoms with Crippen LogP contribution >= 0.6 is 23.5 Å². The fourth-order valence-corrected chi connectivity index (χ4v) is 7.59. The van der Waals surface area contributed by atoms with E-state index in [1.54, 1.807) is 0 Å². The van der Waals surface area contributed by atoms with Crippen molar-refractivity contribution in [3.63, 3.8) is 0 Å². The lowest BCUT2D eigenvalue weighted by Crippen LogP contribution is -2.28. The van der Waals surface area contributed by atoms with Crippen molar-refractivity contribution >= 4 is 23.5 Å². The number of benzene rings is 1. The summed E-state index contributed by atoms with van der Waals surface area (Å²) in [7, 11) is -2.12. The maximum Gasteiger partial charge on any atom is 0.340 e. The molecule has 0 aliphatic carbocycles. The van der Waals surface area contributed by atoms with Gasteiger partial charge in [0, 0.05) is 19.6 Å². The molecule has 0 bridgehead atoms. The van der Waals surface area contributed by atoms with Crippen LogP contribution in [0.5, 0.6) is 0 Å². The highest BCUT2D eigenvalue weighted by molar-refractivity contribution is 7.56. The van der Waals surface area contributed by atoms with Gasteiger partial charge in [0.05, 0.1) is 0 Å². The first kappa shape index (κ1) is 20.1. The SMILES string of the molecule is CP1CCC[P+](=O)CCN(Cc2ccccc2)CC[P+](=O)CCC1. The van der Waals surface area contributed by atoms with Gasteiger partial charge in [-0.25, -0.2) is 0 Å². The molecule has 1 fully saturated rings. The fraction of sp³-hybridized carbons (Fsp3) is 0.667. The molecule has 0 N–H and O–H groups in total. The van der Waals surface area contributed by atoms with E-state index in [-0.39, 0.29) is 7.92 Å². The lowest BCUT2D eigenvalue weighted by Gasteiger charge is -2.18. The fourth-order valence-electron chi connectivity index (χ4n) is 2.99. The molecule has 24 heavy (non-hydrogen) atoms. The van der Waals surface area contributed by atoms with Crippen molar-refractivity contribution < 1.29 is 9.13 Å². The van der Waals surface area contributed by atoms with Gasteiger partial charge in [0.25, 0.3) is 0 Å². The maximum absolute atomic E-state index is 12.3. The van der Waals surface area contributed by atoms with Gasteiger partial charge in [0.1, 0.15) is 12.3 Å². The molecule has 3 nitrogen and oxygen atoms in total. The van der Waals surface area contributed by atoms with Crippen LogP contribution in [0.1, 0.15) is 18.4 Å². The molecule has 132 valence electrons. The lowest BCUT2D eigenvalue weighted by atomic mass is 10.2. The van der Waals surface area contributed by atoms with Gasteiger partial charge in [-0.05, 0) is 37.4 Å². The van der Waals surface area contributed by atoms with E-state index in [4.69, 9.17) is 0 Å². The molecule has 0 amide bonds. The number of hydrogen-bond acceptors (Lipinski definition) is 3. The van der Waals surface area contributed by atoms with E-state index in [1.807, 2.05) is 6.07 Å². The Balaban J connectivity index is 1.93. The average molecular weight is 385 g/mol. The van der Waals surface area contributed by atoms with Gasteiger partial charge >= 0.3 is 15.6 Å². The first-order valence-corrected chi connectivity index (χ1v) is 14.3. The van der Waals surface area contributed by atoms with Crippen LogP contribution in [0.15, 0.2) is 30.3 Å². The quantitative estimate of drug-likeness (QED) is 0.669. The van der Waals surface area contributed by atoms with Crippen LogP contribution in [-0.4, -0.2) is 61.6 Å². The lowest BCUT2D eigenvalue weighted by molar-refractivity contribution is 0.298. The van der Waals surface area contributed by atoms with Crippen LogP contribution in [0.3, 0.4) is 0 Å². The van der Waals surface area contributed by atoms with Crippen molar-refractivity contribution in [1.29, 1.82) is 0 Å². The Morgan fingerprint density at radius 1 is 0.917 bits per heavy atom. The number of nitrogens with zero attached hydrogens (tertiary/aromatic N) is 1. The van der Waals surface area contributed by atoms with Crippen LogP contribution in [0, 0.1) is 0 Å². The Morgan fingerprint density at radius 2 is 1.46 bits per heavy atom. The predicted molar refractivity (Wildman–Crippen MR) is 108 cm³/mol. The number of hydrogen-bond donors (Lipinski definition) is 0. The van der Waals surface area contributed by atoms with E-state index < -0.39 is 15.6 Å². The summed E-state index contributed by atoms with van der Waals surface area (Å²) in [6, 6.07) is 10.4. The first-order chi connectivity index (χ1) is 11.6. The highest BCUT2D eigenvalue weighted by atomic mass is 31.1. The molecule has 1 aliphatic heterocycles. The summed E-state index contributed by atoms with van der Waals surface area (Å²) in [4.78, 5) is 2.34. The summed E-state index contributed by atoms with van der Waals surface area (Å²) in [5.41, 5.74) is 1.28. The average Bonchev–Trinajstić information content (AvgIpc) is 2.57. The molecule has 2 rings (SSSR count). The van der Waals surface area contributed by atoms with Crippen LogP contribution < -0.4 is 0 Å². The summed E-state index contributed by atoms with van der Waals surface area (Å²) in [6.07, 6.45) is 7.97. The summed E-state index contributed by atoms with van der Waals surface area (Å²) in [5, 5.41) is 0. The second-order valence-corrected chi connectivity index (χ2v) is 13.0. The molecule has 0 spiro atoms. The summed E-state index contributed by atoms with van der Waals surface area (Å²) in [5.74, 6) is 0. The molecule has 1 saturated heterocycles. The van der Waals surface area contributed by atoms with Crippen LogP contribution in [0.25, 0.3) is 0 Å². The predicted octanol–water partition coefficient (Wildman–Crippen LogP) is 5.05. The Labute approximate surface area is 149 Å². The van der Waals surface area contributed by atoms with Crippen molar-refractivity contribution in [3.05, 3.63) is 35.9 Å². The van der Waals surface area contributed by atoms with Crippen LogP contribution in [0.4, 0.5) is 0 Å². The summed E-state index contributed by atoms with van der Waals surface area (Å²) in [6.45, 7) is 4.92. The highest BCUT2D eigenvalue weighted by Gasteiger charge is 2.22. The second kappa shape index (κ2) is 11.4. The largest absolute Gasteiger partial charge is 0.340 e. The van der Waals surface area contributed by atoms with E-state index in [9.17, 15) is 9.13 Å². The first-order valence-electron chi connectivity index (χ1n) is 8.92. The minimum absolute atomic E-state index is 0.0522. The molecule has 1 heterocycles. The third-order valence-electron chi connectivity index (χ3n) is 4.47. The minimum Gasteiger partial charge on any atom is -0.291 e. The van der Waals surface area contributed by atoms with E-state index in [1.165, 1.54) is 17.9 Å². The topological polar surface area (TPSA) is 37.4 Å². The molecular formula is C18H30NO2P3+2. The van der Waals surface area contributed by atoms with Crippen molar-refractivity contribution in [2.24, 2.45) is 0 Å². The van der Waals surface area contributed by atoms with Crippen molar-refractivity contribution in [1.82, 2.24) is 4.90 Å². The molecule has 0 radical (unpaired) electrons. The molecule has 0 saturated carbocycles. The van der Waals surface area contributed by atoms with Gasteiger partial charge in [0.2, 0.25) is 0 Å². The summed E-state index contributed by atoms with van der Waals surface area (Å²) < 4.78 is 24.6. The van der Waals surface area contributed by atoms with Gasteiger partial charge in [0.15, 0.2) is 12.3 Å². The standard InChI is InChI=1S/C18H30NO2P3/c1-22-11-5-13-23(20)15-9-19(10-16-24(21)14-6-12-22)17-18-7-3-2-4-8-18/h2-4,7-8H,5-6,9-17H2,1H3/q+2. The van der Waals surface area contributed by atoms with Crippen molar-refractivity contribution in [2.45, 2.75) is 19.4 Å². The smallest absolute Gasteiger partial charge is 0.291 e. The van der Waals surface area contributed by atoms with Crippen molar-refractivity contribution in [2.75, 3.05) is 56.7 Å². The molecule has 1 aromatic carbocycles. The molecule has 6 heteroatoms. The Morgan fingerprint density at radius 3 is 2.00 bits per heavy atom. The van der Waals surface area contributed by atoms with Gasteiger partial charge in [-0.2, -0.15) is 0 Å². The Hall–Kier alpha value is -0.190. The molecule has 1 aliphatic rings. The van der Waals surface area contributed by atoms with E-state index in [2.05, 4.69) is 35.8 Å². The molecule has 1 aromatic rings. The van der Waals surface area contributed by atoms with Gasteiger partial charge in [-0.1, -0.05) is 39.5 Å². The third-order valence-corrected chi connectivity index (χ3v) is 9.66. The Kier molecular flexibility index (Phi) is 9.59.